The first-order valence-corrected chi connectivity index (χ1v) is 10.8. The van der Waals surface area contributed by atoms with E-state index in [0.29, 0.717) is 16.9 Å². The van der Waals surface area contributed by atoms with E-state index < -0.39 is 31.4 Å². The highest BCUT2D eigenvalue weighted by Gasteiger charge is 2.53. The standard InChI is InChI=1S/C18H23FO3S2/c1-17(2,3)16-12-23(20)18(4,24(21,22)13-16)15-9-7-14(8-10-15)6-5-11-19/h7-10,16H,11-13H2,1-4H3/t16-,18-,23?/m0/s1/i19-1. The Labute approximate surface area is 146 Å². The van der Waals surface area contributed by atoms with E-state index in [-0.39, 0.29) is 17.1 Å². The monoisotopic (exact) mass is 369 g/mol. The Morgan fingerprint density at radius 1 is 1.29 bits per heavy atom. The maximum absolute atomic E-state index is 13.0. The molecule has 1 unspecified atom stereocenters. The van der Waals surface area contributed by atoms with Crippen molar-refractivity contribution in [3.8, 4) is 11.8 Å². The maximum atomic E-state index is 13.0. The summed E-state index contributed by atoms with van der Waals surface area (Å²) >= 11 is 0. The molecular weight excluding hydrogens is 346 g/mol. The predicted octanol–water partition coefficient (Wildman–Crippen LogP) is 3.02. The van der Waals surface area contributed by atoms with Gasteiger partial charge in [-0.3, -0.25) is 4.21 Å². The molecule has 3 nitrogen and oxygen atoms in total. The van der Waals surface area contributed by atoms with Gasteiger partial charge in [0.2, 0.25) is 0 Å². The molecule has 0 bridgehead atoms. The lowest BCUT2D eigenvalue weighted by molar-refractivity contribution is 0.284. The van der Waals surface area contributed by atoms with Gasteiger partial charge in [0.15, 0.2) is 20.6 Å². The summed E-state index contributed by atoms with van der Waals surface area (Å²) in [5.74, 6) is 5.23. The van der Waals surface area contributed by atoms with Gasteiger partial charge in [-0.15, -0.1) is 0 Å². The summed E-state index contributed by atoms with van der Waals surface area (Å²) in [4.78, 5) is 0. The van der Waals surface area contributed by atoms with E-state index >= 15 is 0 Å². The number of alkyl halides is 1. The van der Waals surface area contributed by atoms with Crippen LogP contribution in [-0.2, 0) is 24.7 Å². The molecule has 0 radical (unpaired) electrons. The first-order valence-electron chi connectivity index (χ1n) is 7.78. The van der Waals surface area contributed by atoms with Crippen molar-refractivity contribution in [2.75, 3.05) is 18.2 Å². The molecule has 1 aliphatic rings. The molecule has 1 aliphatic heterocycles. The summed E-state index contributed by atoms with van der Waals surface area (Å²) in [6.07, 6.45) is 0. The number of hydrogen-bond donors (Lipinski definition) is 0. The second kappa shape index (κ2) is 6.61. The summed E-state index contributed by atoms with van der Waals surface area (Å²) in [6, 6.07) is 6.56. The number of benzene rings is 1. The quantitative estimate of drug-likeness (QED) is 0.715. The molecule has 0 amide bonds. The molecule has 0 spiro atoms. The van der Waals surface area contributed by atoms with Crippen LogP contribution in [0.1, 0.15) is 38.8 Å². The molecule has 1 fully saturated rings. The van der Waals surface area contributed by atoms with Crippen molar-refractivity contribution in [2.24, 2.45) is 11.3 Å². The van der Waals surface area contributed by atoms with E-state index in [4.69, 9.17) is 0 Å². The molecule has 3 atom stereocenters. The van der Waals surface area contributed by atoms with Crippen molar-refractivity contribution in [3.63, 3.8) is 0 Å². The summed E-state index contributed by atoms with van der Waals surface area (Å²) in [5, 5.41) is 0. The van der Waals surface area contributed by atoms with Crippen molar-refractivity contribution in [2.45, 2.75) is 31.8 Å². The van der Waals surface area contributed by atoms with Crippen molar-refractivity contribution < 1.29 is 17.0 Å². The fourth-order valence-electron chi connectivity index (χ4n) is 2.76. The topological polar surface area (TPSA) is 51.2 Å². The van der Waals surface area contributed by atoms with Crippen LogP contribution in [0.5, 0.6) is 0 Å². The van der Waals surface area contributed by atoms with E-state index in [9.17, 15) is 17.0 Å². The second-order valence-corrected chi connectivity index (χ2v) is 11.8. The van der Waals surface area contributed by atoms with Crippen LogP contribution in [0.2, 0.25) is 0 Å². The summed E-state index contributed by atoms with van der Waals surface area (Å²) in [5.41, 5.74) is 0.890. The normalized spacial score (nSPS) is 29.5. The lowest BCUT2D eigenvalue weighted by Crippen LogP contribution is -2.50. The number of rotatable bonds is 1. The SMILES string of the molecule is CC(C)(C)[C@H]1CS(=O)[C@](C)(c2ccc(C#CC[18F])cc2)S(=O)(=O)C1. The molecule has 0 N–H and O–H groups in total. The van der Waals surface area contributed by atoms with Crippen LogP contribution in [0.15, 0.2) is 24.3 Å². The molecule has 1 aromatic carbocycles. The minimum atomic E-state index is -3.58. The maximum Gasteiger partial charge on any atom is 0.172 e. The van der Waals surface area contributed by atoms with Crippen LogP contribution in [0.4, 0.5) is 4.39 Å². The summed E-state index contributed by atoms with van der Waals surface area (Å²) < 4.78 is 49.5. The zero-order valence-corrected chi connectivity index (χ0v) is 16.1. The van der Waals surface area contributed by atoms with Gasteiger partial charge >= 0.3 is 0 Å². The molecule has 1 heterocycles. The van der Waals surface area contributed by atoms with Gasteiger partial charge in [0.1, 0.15) is 0 Å². The Hall–Kier alpha value is -1.19. The van der Waals surface area contributed by atoms with Crippen LogP contribution >= 0.6 is 0 Å². The zero-order chi connectivity index (χ0) is 18.2. The van der Waals surface area contributed by atoms with E-state index in [1.165, 1.54) is 0 Å². The fourth-order valence-corrected chi connectivity index (χ4v) is 8.11. The highest BCUT2D eigenvalue weighted by atomic mass is 32.3. The lowest BCUT2D eigenvalue weighted by atomic mass is 9.83. The average Bonchev–Trinajstić information content (AvgIpc) is 2.49. The Bertz CT molecular complexity index is 795. The van der Waals surface area contributed by atoms with Gasteiger partial charge in [-0.1, -0.05) is 44.7 Å². The third kappa shape index (κ3) is 3.43. The Balaban J connectivity index is 2.43. The molecule has 1 saturated heterocycles. The molecule has 0 saturated carbocycles. The molecule has 1 aromatic rings. The van der Waals surface area contributed by atoms with Crippen LogP contribution in [0.3, 0.4) is 0 Å². The fraction of sp³-hybridized carbons (Fsp3) is 0.556. The summed E-state index contributed by atoms with van der Waals surface area (Å²) in [7, 11) is -5.12. The van der Waals surface area contributed by atoms with E-state index in [1.807, 2.05) is 20.8 Å². The van der Waals surface area contributed by atoms with E-state index in [2.05, 4.69) is 11.8 Å². The highest BCUT2D eigenvalue weighted by molar-refractivity contribution is 8.07. The molecule has 0 aliphatic carbocycles. The van der Waals surface area contributed by atoms with Gasteiger partial charge < -0.3 is 0 Å². The first-order chi connectivity index (χ1) is 11.0. The van der Waals surface area contributed by atoms with Gasteiger partial charge in [0, 0.05) is 22.1 Å². The third-order valence-corrected chi connectivity index (χ3v) is 10.1. The first kappa shape index (κ1) is 19.1. The molecule has 0 aromatic heterocycles. The van der Waals surface area contributed by atoms with Gasteiger partial charge in [-0.25, -0.2) is 12.8 Å². The molecule has 24 heavy (non-hydrogen) atoms. The summed E-state index contributed by atoms with van der Waals surface area (Å²) in [6.45, 7) is 6.74. The van der Waals surface area contributed by atoms with E-state index in [0.717, 1.165) is 0 Å². The van der Waals surface area contributed by atoms with Crippen molar-refractivity contribution in [3.05, 3.63) is 35.4 Å². The van der Waals surface area contributed by atoms with Gasteiger partial charge in [0.25, 0.3) is 0 Å². The van der Waals surface area contributed by atoms with Gasteiger partial charge in [-0.05, 0) is 36.0 Å². The van der Waals surface area contributed by atoms with Crippen LogP contribution in [0, 0.1) is 23.2 Å². The Morgan fingerprint density at radius 3 is 2.33 bits per heavy atom. The predicted molar refractivity (Wildman–Crippen MR) is 96.4 cm³/mol. The molecule has 2 rings (SSSR count). The van der Waals surface area contributed by atoms with Crippen molar-refractivity contribution in [1.82, 2.24) is 0 Å². The number of halogens is 1. The minimum Gasteiger partial charge on any atom is -0.258 e. The Kier molecular flexibility index (Phi) is 5.27. The molecule has 6 heteroatoms. The smallest absolute Gasteiger partial charge is 0.172 e. The minimum absolute atomic E-state index is 0.0299. The van der Waals surface area contributed by atoms with Gasteiger partial charge in [-0.2, -0.15) is 0 Å². The largest absolute Gasteiger partial charge is 0.258 e. The molecule has 132 valence electrons. The average molecular weight is 370 g/mol. The highest BCUT2D eigenvalue weighted by Crippen LogP contribution is 2.44. The zero-order valence-electron chi connectivity index (χ0n) is 14.4. The second-order valence-electron chi connectivity index (χ2n) is 7.32. The Morgan fingerprint density at radius 2 is 1.88 bits per heavy atom. The lowest BCUT2D eigenvalue weighted by Gasteiger charge is -2.41. The van der Waals surface area contributed by atoms with Crippen LogP contribution < -0.4 is 0 Å². The number of hydrogen-bond acceptors (Lipinski definition) is 3. The van der Waals surface area contributed by atoms with Crippen LogP contribution in [0.25, 0.3) is 0 Å². The van der Waals surface area contributed by atoms with Crippen molar-refractivity contribution >= 4 is 20.6 Å². The van der Waals surface area contributed by atoms with E-state index in [1.54, 1.807) is 31.2 Å². The molecular formula is C18H23FO3S2. The van der Waals surface area contributed by atoms with Crippen molar-refractivity contribution in [1.29, 1.82) is 0 Å². The van der Waals surface area contributed by atoms with Crippen LogP contribution in [-0.4, -0.2) is 30.8 Å². The number of sulfone groups is 1. The van der Waals surface area contributed by atoms with Gasteiger partial charge in [0.05, 0.1) is 5.75 Å². The third-order valence-electron chi connectivity index (χ3n) is 4.73.